The molecule has 0 saturated carbocycles. The van der Waals surface area contributed by atoms with E-state index in [2.05, 4.69) is 21.8 Å². The standard InChI is InChI=1S/C12H11N3S/c1-2-9-16-12-4-3-11(14-15-12)10-5-7-13-8-6-10/h2-8H,1,9H2. The Morgan fingerprint density at radius 3 is 2.56 bits per heavy atom. The van der Waals surface area contributed by atoms with Crippen LogP contribution < -0.4 is 0 Å². The second-order valence-electron chi connectivity index (χ2n) is 3.09. The van der Waals surface area contributed by atoms with E-state index in [-0.39, 0.29) is 0 Å². The molecule has 0 unspecified atom stereocenters. The summed E-state index contributed by atoms with van der Waals surface area (Å²) in [5.41, 5.74) is 1.90. The molecule has 2 aromatic rings. The van der Waals surface area contributed by atoms with Crippen molar-refractivity contribution in [1.82, 2.24) is 15.2 Å². The van der Waals surface area contributed by atoms with Crippen molar-refractivity contribution in [3.8, 4) is 11.3 Å². The number of pyridine rings is 1. The third kappa shape index (κ3) is 2.67. The molecule has 16 heavy (non-hydrogen) atoms. The van der Waals surface area contributed by atoms with Crippen LogP contribution in [0.1, 0.15) is 0 Å². The molecule has 0 saturated heterocycles. The predicted octanol–water partition coefficient (Wildman–Crippen LogP) is 2.82. The average Bonchev–Trinajstić information content (AvgIpc) is 2.38. The van der Waals surface area contributed by atoms with Gasteiger partial charge in [-0.15, -0.1) is 28.5 Å². The van der Waals surface area contributed by atoms with Crippen molar-refractivity contribution >= 4 is 11.8 Å². The summed E-state index contributed by atoms with van der Waals surface area (Å²) in [5.74, 6) is 0.850. The highest BCUT2D eigenvalue weighted by Gasteiger charge is 2.00. The van der Waals surface area contributed by atoms with Crippen LogP contribution in [-0.2, 0) is 0 Å². The number of hydrogen-bond donors (Lipinski definition) is 0. The van der Waals surface area contributed by atoms with Gasteiger partial charge in [-0.05, 0) is 24.3 Å². The molecule has 2 heterocycles. The highest BCUT2D eigenvalue weighted by Crippen LogP contribution is 2.18. The Bertz CT molecular complexity index is 453. The summed E-state index contributed by atoms with van der Waals surface area (Å²) < 4.78 is 0. The summed E-state index contributed by atoms with van der Waals surface area (Å²) in [6.45, 7) is 3.66. The Kier molecular flexibility index (Phi) is 3.66. The number of nitrogens with zero attached hydrogens (tertiary/aromatic N) is 3. The fourth-order valence-corrected chi connectivity index (χ4v) is 1.77. The van der Waals surface area contributed by atoms with Gasteiger partial charge in [-0.25, -0.2) is 0 Å². The minimum Gasteiger partial charge on any atom is -0.265 e. The van der Waals surface area contributed by atoms with Crippen LogP contribution in [-0.4, -0.2) is 20.9 Å². The molecule has 0 aliphatic rings. The van der Waals surface area contributed by atoms with E-state index in [1.54, 1.807) is 24.2 Å². The first kappa shape index (κ1) is 10.8. The van der Waals surface area contributed by atoms with Crippen molar-refractivity contribution in [3.05, 3.63) is 49.3 Å². The SMILES string of the molecule is C=CCSc1ccc(-c2ccncc2)nn1. The lowest BCUT2D eigenvalue weighted by atomic mass is 10.2. The van der Waals surface area contributed by atoms with Crippen LogP contribution in [0.5, 0.6) is 0 Å². The summed E-state index contributed by atoms with van der Waals surface area (Å²) in [6, 6.07) is 7.77. The molecular weight excluding hydrogens is 218 g/mol. The Morgan fingerprint density at radius 2 is 1.94 bits per heavy atom. The van der Waals surface area contributed by atoms with E-state index in [1.165, 1.54) is 0 Å². The Balaban J connectivity index is 2.16. The topological polar surface area (TPSA) is 38.7 Å². The number of hydrogen-bond acceptors (Lipinski definition) is 4. The van der Waals surface area contributed by atoms with E-state index in [0.717, 1.165) is 22.0 Å². The minimum absolute atomic E-state index is 0.850. The molecule has 80 valence electrons. The van der Waals surface area contributed by atoms with Crippen molar-refractivity contribution in [3.63, 3.8) is 0 Å². The largest absolute Gasteiger partial charge is 0.265 e. The lowest BCUT2D eigenvalue weighted by molar-refractivity contribution is 0.936. The molecule has 0 aliphatic heterocycles. The molecular formula is C12H11N3S. The van der Waals surface area contributed by atoms with Crippen molar-refractivity contribution in [2.75, 3.05) is 5.75 Å². The molecule has 0 aromatic carbocycles. The van der Waals surface area contributed by atoms with Gasteiger partial charge in [-0.2, -0.15) is 0 Å². The third-order valence-electron chi connectivity index (χ3n) is 1.97. The monoisotopic (exact) mass is 229 g/mol. The Labute approximate surface area is 98.6 Å². The molecule has 4 heteroatoms. The van der Waals surface area contributed by atoms with Crippen molar-refractivity contribution in [1.29, 1.82) is 0 Å². The summed E-state index contributed by atoms with van der Waals surface area (Å²) in [6.07, 6.45) is 5.35. The maximum atomic E-state index is 4.17. The highest BCUT2D eigenvalue weighted by atomic mass is 32.2. The molecule has 0 amide bonds. The third-order valence-corrected chi connectivity index (χ3v) is 2.88. The van der Waals surface area contributed by atoms with E-state index in [0.29, 0.717) is 0 Å². The van der Waals surface area contributed by atoms with Gasteiger partial charge in [0, 0.05) is 23.7 Å². The van der Waals surface area contributed by atoms with Crippen LogP contribution in [0.4, 0.5) is 0 Å². The van der Waals surface area contributed by atoms with E-state index in [1.807, 2.05) is 30.3 Å². The zero-order valence-corrected chi connectivity index (χ0v) is 9.52. The minimum atomic E-state index is 0.850. The summed E-state index contributed by atoms with van der Waals surface area (Å²) in [4.78, 5) is 3.97. The van der Waals surface area contributed by atoms with Gasteiger partial charge in [0.15, 0.2) is 0 Å². The van der Waals surface area contributed by atoms with E-state index in [9.17, 15) is 0 Å². The highest BCUT2D eigenvalue weighted by molar-refractivity contribution is 7.99. The smallest absolute Gasteiger partial charge is 0.119 e. The van der Waals surface area contributed by atoms with Gasteiger partial charge < -0.3 is 0 Å². The fraction of sp³-hybridized carbons (Fsp3) is 0.0833. The van der Waals surface area contributed by atoms with Crippen LogP contribution in [0.15, 0.2) is 54.3 Å². The van der Waals surface area contributed by atoms with Crippen LogP contribution in [0.3, 0.4) is 0 Å². The first-order valence-corrected chi connectivity index (χ1v) is 5.86. The Hall–Kier alpha value is -1.68. The van der Waals surface area contributed by atoms with Gasteiger partial charge in [-0.1, -0.05) is 6.08 Å². The quantitative estimate of drug-likeness (QED) is 0.597. The molecule has 0 spiro atoms. The molecule has 2 rings (SSSR count). The predicted molar refractivity (Wildman–Crippen MR) is 66.2 cm³/mol. The summed E-state index contributed by atoms with van der Waals surface area (Å²) in [7, 11) is 0. The zero-order chi connectivity index (χ0) is 11.2. The van der Waals surface area contributed by atoms with Gasteiger partial charge in [0.2, 0.25) is 0 Å². The molecule has 0 aliphatic carbocycles. The van der Waals surface area contributed by atoms with Gasteiger partial charge in [-0.3, -0.25) is 4.98 Å². The number of rotatable bonds is 4. The molecule has 0 N–H and O–H groups in total. The van der Waals surface area contributed by atoms with Gasteiger partial charge in [0.05, 0.1) is 5.69 Å². The molecule has 0 bridgehead atoms. The Morgan fingerprint density at radius 1 is 1.12 bits per heavy atom. The lowest BCUT2D eigenvalue weighted by Crippen LogP contribution is -1.89. The second kappa shape index (κ2) is 5.42. The van der Waals surface area contributed by atoms with Gasteiger partial charge >= 0.3 is 0 Å². The lowest BCUT2D eigenvalue weighted by Gasteiger charge is -2.00. The van der Waals surface area contributed by atoms with Crippen molar-refractivity contribution in [2.24, 2.45) is 0 Å². The van der Waals surface area contributed by atoms with Crippen LogP contribution in [0.2, 0.25) is 0 Å². The van der Waals surface area contributed by atoms with Crippen LogP contribution >= 0.6 is 11.8 Å². The first-order valence-electron chi connectivity index (χ1n) is 4.88. The summed E-state index contributed by atoms with van der Waals surface area (Å²) >= 11 is 1.62. The molecule has 0 fully saturated rings. The summed E-state index contributed by atoms with van der Waals surface area (Å²) in [5, 5.41) is 9.22. The molecule has 2 aromatic heterocycles. The van der Waals surface area contributed by atoms with E-state index >= 15 is 0 Å². The number of aromatic nitrogens is 3. The molecule has 0 atom stereocenters. The van der Waals surface area contributed by atoms with Crippen molar-refractivity contribution < 1.29 is 0 Å². The number of thioether (sulfide) groups is 1. The van der Waals surface area contributed by atoms with Crippen LogP contribution in [0, 0.1) is 0 Å². The second-order valence-corrected chi connectivity index (χ2v) is 4.13. The van der Waals surface area contributed by atoms with Gasteiger partial charge in [0.25, 0.3) is 0 Å². The maximum Gasteiger partial charge on any atom is 0.119 e. The first-order chi connectivity index (χ1) is 7.90. The van der Waals surface area contributed by atoms with Crippen LogP contribution in [0.25, 0.3) is 11.3 Å². The normalized spacial score (nSPS) is 10.0. The maximum absolute atomic E-state index is 4.17. The van der Waals surface area contributed by atoms with Gasteiger partial charge in [0.1, 0.15) is 5.03 Å². The zero-order valence-electron chi connectivity index (χ0n) is 8.71. The fourth-order valence-electron chi connectivity index (χ4n) is 1.22. The van der Waals surface area contributed by atoms with E-state index in [4.69, 9.17) is 0 Å². The van der Waals surface area contributed by atoms with E-state index < -0.39 is 0 Å². The average molecular weight is 229 g/mol. The molecule has 0 radical (unpaired) electrons. The molecule has 3 nitrogen and oxygen atoms in total. The van der Waals surface area contributed by atoms with Crippen molar-refractivity contribution in [2.45, 2.75) is 5.03 Å².